The molecule has 2 rings (SSSR count). The molecular formula is C16H27NOS. The predicted octanol–water partition coefficient (Wildman–Crippen LogP) is 4.13. The summed E-state index contributed by atoms with van der Waals surface area (Å²) in [5.74, 6) is 0. The van der Waals surface area contributed by atoms with Crippen LogP contribution in [0.2, 0.25) is 0 Å². The summed E-state index contributed by atoms with van der Waals surface area (Å²) >= 11 is 1.83. The summed E-state index contributed by atoms with van der Waals surface area (Å²) in [5.41, 5.74) is 1.93. The molecular weight excluding hydrogens is 254 g/mol. The van der Waals surface area contributed by atoms with Crippen molar-refractivity contribution in [2.45, 2.75) is 59.1 Å². The smallest absolute Gasteiger partial charge is 0.0594 e. The minimum Gasteiger partial charge on any atom is -0.377 e. The van der Waals surface area contributed by atoms with Crippen LogP contribution in [0.15, 0.2) is 11.4 Å². The molecule has 1 aliphatic rings. The van der Waals surface area contributed by atoms with E-state index >= 15 is 0 Å². The lowest BCUT2D eigenvalue weighted by Crippen LogP contribution is -2.29. The normalized spacial score (nSPS) is 19.7. The van der Waals surface area contributed by atoms with Gasteiger partial charge in [0.1, 0.15) is 0 Å². The summed E-state index contributed by atoms with van der Waals surface area (Å²) in [4.78, 5) is 1.44. The molecule has 0 spiro atoms. The Hall–Kier alpha value is -0.380. The largest absolute Gasteiger partial charge is 0.377 e. The number of hydrogen-bond acceptors (Lipinski definition) is 3. The summed E-state index contributed by atoms with van der Waals surface area (Å²) < 4.78 is 5.97. The topological polar surface area (TPSA) is 21.3 Å². The van der Waals surface area contributed by atoms with Crippen molar-refractivity contribution in [2.24, 2.45) is 5.41 Å². The molecule has 0 atom stereocenters. The third-order valence-electron chi connectivity index (χ3n) is 4.17. The quantitative estimate of drug-likeness (QED) is 0.792. The van der Waals surface area contributed by atoms with E-state index in [9.17, 15) is 0 Å². The standard InChI is InChI=1S/C16H27NOS/c1-13-6-11-19-15(13)12-17-9-10-18-14-4-7-16(2,3)8-5-14/h6,11,14,17H,4-5,7-10,12H2,1-3H3. The molecule has 0 saturated heterocycles. The molecule has 3 heteroatoms. The van der Waals surface area contributed by atoms with Crippen molar-refractivity contribution in [1.29, 1.82) is 0 Å². The molecule has 2 nitrogen and oxygen atoms in total. The van der Waals surface area contributed by atoms with Crippen LogP contribution >= 0.6 is 11.3 Å². The molecule has 1 saturated carbocycles. The van der Waals surface area contributed by atoms with Crippen molar-refractivity contribution in [2.75, 3.05) is 13.2 Å². The zero-order chi connectivity index (χ0) is 13.7. The summed E-state index contributed by atoms with van der Waals surface area (Å²) in [6.45, 7) is 9.69. The van der Waals surface area contributed by atoms with E-state index in [4.69, 9.17) is 4.74 Å². The zero-order valence-corrected chi connectivity index (χ0v) is 13.3. The first kappa shape index (κ1) is 15.0. The molecule has 0 unspecified atom stereocenters. The Morgan fingerprint density at radius 2 is 2.11 bits per heavy atom. The number of thiophene rings is 1. The molecule has 1 aliphatic carbocycles. The van der Waals surface area contributed by atoms with Crippen molar-refractivity contribution in [3.8, 4) is 0 Å². The van der Waals surface area contributed by atoms with E-state index in [0.29, 0.717) is 11.5 Å². The molecule has 1 heterocycles. The maximum Gasteiger partial charge on any atom is 0.0594 e. The monoisotopic (exact) mass is 281 g/mol. The summed E-state index contributed by atoms with van der Waals surface area (Å²) in [5, 5.41) is 5.63. The van der Waals surface area contributed by atoms with Crippen LogP contribution in [0.25, 0.3) is 0 Å². The average molecular weight is 281 g/mol. The summed E-state index contributed by atoms with van der Waals surface area (Å²) in [6.07, 6.45) is 5.57. The Bertz CT molecular complexity index is 376. The summed E-state index contributed by atoms with van der Waals surface area (Å²) in [6, 6.07) is 2.18. The SMILES string of the molecule is Cc1ccsc1CNCCOC1CCC(C)(C)CC1. The Labute approximate surface area is 121 Å². The molecule has 0 amide bonds. The van der Waals surface area contributed by atoms with Crippen molar-refractivity contribution in [1.82, 2.24) is 5.32 Å². The van der Waals surface area contributed by atoms with Crippen LogP contribution in [-0.2, 0) is 11.3 Å². The highest BCUT2D eigenvalue weighted by atomic mass is 32.1. The first-order valence-corrected chi connectivity index (χ1v) is 8.30. The highest BCUT2D eigenvalue weighted by Gasteiger charge is 2.26. The van der Waals surface area contributed by atoms with Crippen molar-refractivity contribution in [3.63, 3.8) is 0 Å². The molecule has 19 heavy (non-hydrogen) atoms. The van der Waals surface area contributed by atoms with E-state index in [2.05, 4.69) is 37.5 Å². The van der Waals surface area contributed by atoms with E-state index in [1.54, 1.807) is 0 Å². The Balaban J connectivity index is 1.54. The van der Waals surface area contributed by atoms with Gasteiger partial charge in [0, 0.05) is 18.0 Å². The molecule has 1 fully saturated rings. The molecule has 0 bridgehead atoms. The molecule has 0 aromatic carbocycles. The van der Waals surface area contributed by atoms with Crippen LogP contribution in [0.5, 0.6) is 0 Å². The van der Waals surface area contributed by atoms with Gasteiger partial charge in [-0.05, 0) is 55.0 Å². The summed E-state index contributed by atoms with van der Waals surface area (Å²) in [7, 11) is 0. The van der Waals surface area contributed by atoms with Gasteiger partial charge in [-0.25, -0.2) is 0 Å². The lowest BCUT2D eigenvalue weighted by molar-refractivity contribution is 0.00595. The van der Waals surface area contributed by atoms with Crippen molar-refractivity contribution >= 4 is 11.3 Å². The Kier molecular flexibility index (Phi) is 5.43. The number of rotatable bonds is 6. The minimum atomic E-state index is 0.498. The van der Waals surface area contributed by atoms with E-state index in [-0.39, 0.29) is 0 Å². The first-order chi connectivity index (χ1) is 9.07. The number of ether oxygens (including phenoxy) is 1. The van der Waals surface area contributed by atoms with Crippen LogP contribution in [0.1, 0.15) is 50.0 Å². The van der Waals surface area contributed by atoms with Crippen molar-refractivity contribution in [3.05, 3.63) is 21.9 Å². The number of hydrogen-bond donors (Lipinski definition) is 1. The zero-order valence-electron chi connectivity index (χ0n) is 12.5. The lowest BCUT2D eigenvalue weighted by Gasteiger charge is -2.34. The van der Waals surface area contributed by atoms with Gasteiger partial charge >= 0.3 is 0 Å². The van der Waals surface area contributed by atoms with Gasteiger partial charge in [0.2, 0.25) is 0 Å². The third-order valence-corrected chi connectivity index (χ3v) is 5.20. The van der Waals surface area contributed by atoms with Gasteiger partial charge in [0.15, 0.2) is 0 Å². The van der Waals surface area contributed by atoms with E-state index in [1.807, 2.05) is 11.3 Å². The minimum absolute atomic E-state index is 0.498. The van der Waals surface area contributed by atoms with Gasteiger partial charge in [-0.2, -0.15) is 0 Å². The van der Waals surface area contributed by atoms with Crippen LogP contribution in [0, 0.1) is 12.3 Å². The van der Waals surface area contributed by atoms with Crippen LogP contribution in [-0.4, -0.2) is 19.3 Å². The molecule has 1 aromatic heterocycles. The van der Waals surface area contributed by atoms with Gasteiger partial charge in [0.25, 0.3) is 0 Å². The second kappa shape index (κ2) is 6.87. The molecule has 108 valence electrons. The molecule has 1 N–H and O–H groups in total. The van der Waals surface area contributed by atoms with Crippen LogP contribution < -0.4 is 5.32 Å². The second-order valence-corrected chi connectivity index (χ2v) is 7.44. The average Bonchev–Trinajstić information content (AvgIpc) is 2.77. The fourth-order valence-electron chi connectivity index (χ4n) is 2.62. The lowest BCUT2D eigenvalue weighted by atomic mass is 9.76. The highest BCUT2D eigenvalue weighted by molar-refractivity contribution is 7.10. The van der Waals surface area contributed by atoms with Gasteiger partial charge in [-0.1, -0.05) is 13.8 Å². The van der Waals surface area contributed by atoms with Gasteiger partial charge < -0.3 is 10.1 Å². The Morgan fingerprint density at radius 3 is 2.74 bits per heavy atom. The van der Waals surface area contributed by atoms with Crippen LogP contribution in [0.4, 0.5) is 0 Å². The van der Waals surface area contributed by atoms with Gasteiger partial charge in [-0.15, -0.1) is 11.3 Å². The third kappa shape index (κ3) is 4.90. The maximum atomic E-state index is 5.97. The van der Waals surface area contributed by atoms with Gasteiger partial charge in [0.05, 0.1) is 12.7 Å². The second-order valence-electron chi connectivity index (χ2n) is 6.44. The molecule has 0 radical (unpaired) electrons. The van der Waals surface area contributed by atoms with E-state index < -0.39 is 0 Å². The highest BCUT2D eigenvalue weighted by Crippen LogP contribution is 2.35. The fraction of sp³-hybridized carbons (Fsp3) is 0.750. The van der Waals surface area contributed by atoms with Crippen LogP contribution in [0.3, 0.4) is 0 Å². The first-order valence-electron chi connectivity index (χ1n) is 7.42. The predicted molar refractivity (Wildman–Crippen MR) is 82.8 cm³/mol. The van der Waals surface area contributed by atoms with E-state index in [0.717, 1.165) is 19.7 Å². The fourth-order valence-corrected chi connectivity index (χ4v) is 3.50. The van der Waals surface area contributed by atoms with Crippen molar-refractivity contribution < 1.29 is 4.74 Å². The maximum absolute atomic E-state index is 5.97. The molecule has 1 aromatic rings. The van der Waals surface area contributed by atoms with E-state index in [1.165, 1.54) is 36.1 Å². The number of nitrogens with one attached hydrogen (secondary N) is 1. The number of aryl methyl sites for hydroxylation is 1. The molecule has 0 aliphatic heterocycles. The Morgan fingerprint density at radius 1 is 1.37 bits per heavy atom. The van der Waals surface area contributed by atoms with Gasteiger partial charge in [-0.3, -0.25) is 0 Å².